The first-order valence-electron chi connectivity index (χ1n) is 5.98. The van der Waals surface area contributed by atoms with E-state index in [4.69, 9.17) is 5.11 Å². The lowest BCUT2D eigenvalue weighted by atomic mass is 10.1. The lowest BCUT2D eigenvalue weighted by Gasteiger charge is -2.17. The predicted octanol–water partition coefficient (Wildman–Crippen LogP) is 3.12. The molecular formula is C14H17NO3. The fourth-order valence-electron chi connectivity index (χ4n) is 2.28. The van der Waals surface area contributed by atoms with Crippen LogP contribution in [0.15, 0.2) is 24.3 Å². The summed E-state index contributed by atoms with van der Waals surface area (Å²) in [6.07, 6.45) is 0. The van der Waals surface area contributed by atoms with Crippen LogP contribution in [0, 0.1) is 0 Å². The number of carboxylic acid groups (broad SMARTS) is 1. The average Bonchev–Trinajstić information content (AvgIpc) is 2.65. The maximum atomic E-state index is 11.2. The monoisotopic (exact) mass is 247 g/mol. The van der Waals surface area contributed by atoms with Crippen molar-refractivity contribution in [2.75, 3.05) is 0 Å². The Hall–Kier alpha value is -1.97. The van der Waals surface area contributed by atoms with Gasteiger partial charge in [-0.3, -0.25) is 4.79 Å². The van der Waals surface area contributed by atoms with Gasteiger partial charge in [-0.1, -0.05) is 0 Å². The smallest absolute Gasteiger partial charge is 0.312 e. The molecule has 4 heteroatoms. The molecule has 2 aromatic rings. The Balaban J connectivity index is 2.72. The van der Waals surface area contributed by atoms with E-state index >= 15 is 0 Å². The van der Waals surface area contributed by atoms with Crippen molar-refractivity contribution in [1.29, 1.82) is 0 Å². The highest BCUT2D eigenvalue weighted by molar-refractivity contribution is 5.85. The SMILES string of the molecule is CC(C(=O)O)c1cc2cc(O)ccc2n1C(C)C. The van der Waals surface area contributed by atoms with Gasteiger partial charge in [0.05, 0.1) is 5.92 Å². The number of benzene rings is 1. The van der Waals surface area contributed by atoms with Crippen LogP contribution in [-0.2, 0) is 4.79 Å². The molecule has 2 rings (SSSR count). The predicted molar refractivity (Wildman–Crippen MR) is 70.0 cm³/mol. The van der Waals surface area contributed by atoms with E-state index < -0.39 is 11.9 Å². The van der Waals surface area contributed by atoms with Crippen molar-refractivity contribution in [3.63, 3.8) is 0 Å². The summed E-state index contributed by atoms with van der Waals surface area (Å²) in [6, 6.07) is 7.11. The number of phenolic OH excluding ortho intramolecular Hbond substituents is 1. The second-order valence-corrected chi connectivity index (χ2v) is 4.84. The molecule has 0 radical (unpaired) electrons. The highest BCUT2D eigenvalue weighted by Gasteiger charge is 2.21. The summed E-state index contributed by atoms with van der Waals surface area (Å²) < 4.78 is 2.01. The minimum Gasteiger partial charge on any atom is -0.508 e. The summed E-state index contributed by atoms with van der Waals surface area (Å²) >= 11 is 0. The molecule has 1 unspecified atom stereocenters. The number of phenols is 1. The van der Waals surface area contributed by atoms with Crippen molar-refractivity contribution >= 4 is 16.9 Å². The van der Waals surface area contributed by atoms with E-state index in [0.717, 1.165) is 16.6 Å². The van der Waals surface area contributed by atoms with Crippen molar-refractivity contribution in [3.8, 4) is 5.75 Å². The second-order valence-electron chi connectivity index (χ2n) is 4.84. The number of aromatic nitrogens is 1. The molecule has 1 aromatic carbocycles. The quantitative estimate of drug-likeness (QED) is 0.876. The Morgan fingerprint density at radius 2 is 1.89 bits per heavy atom. The number of rotatable bonds is 3. The van der Waals surface area contributed by atoms with Gasteiger partial charge in [-0.25, -0.2) is 0 Å². The molecule has 96 valence electrons. The molecule has 4 nitrogen and oxygen atoms in total. The number of hydrogen-bond donors (Lipinski definition) is 2. The van der Waals surface area contributed by atoms with E-state index in [1.165, 1.54) is 0 Å². The first kappa shape index (κ1) is 12.5. The second kappa shape index (κ2) is 4.37. The lowest BCUT2D eigenvalue weighted by molar-refractivity contribution is -0.138. The first-order valence-corrected chi connectivity index (χ1v) is 5.98. The Labute approximate surface area is 105 Å². The van der Waals surface area contributed by atoms with Crippen LogP contribution < -0.4 is 0 Å². The molecule has 0 bridgehead atoms. The zero-order valence-electron chi connectivity index (χ0n) is 10.7. The maximum Gasteiger partial charge on any atom is 0.312 e. The molecule has 18 heavy (non-hydrogen) atoms. The number of carbonyl (C=O) groups is 1. The number of nitrogens with zero attached hydrogens (tertiary/aromatic N) is 1. The number of hydrogen-bond acceptors (Lipinski definition) is 2. The molecule has 0 saturated heterocycles. The van der Waals surface area contributed by atoms with Gasteiger partial charge in [0.1, 0.15) is 5.75 Å². The summed E-state index contributed by atoms with van der Waals surface area (Å²) in [5, 5.41) is 19.5. The van der Waals surface area contributed by atoms with Crippen LogP contribution in [0.1, 0.15) is 38.4 Å². The van der Waals surface area contributed by atoms with Crippen LogP contribution in [0.4, 0.5) is 0 Å². The zero-order chi connectivity index (χ0) is 13.4. The molecule has 1 aromatic heterocycles. The van der Waals surface area contributed by atoms with E-state index in [-0.39, 0.29) is 11.8 Å². The number of carboxylic acids is 1. The fourth-order valence-corrected chi connectivity index (χ4v) is 2.28. The van der Waals surface area contributed by atoms with E-state index in [2.05, 4.69) is 0 Å². The highest BCUT2D eigenvalue weighted by Crippen LogP contribution is 2.31. The standard InChI is InChI=1S/C14H17NO3/c1-8(2)15-12-5-4-11(16)6-10(12)7-13(15)9(3)14(17)18/h4-9,16H,1-3H3,(H,17,18). The van der Waals surface area contributed by atoms with Gasteiger partial charge in [-0.05, 0) is 45.0 Å². The molecule has 1 heterocycles. The third-order valence-electron chi connectivity index (χ3n) is 3.18. The molecule has 0 fully saturated rings. The molecule has 0 saturated carbocycles. The molecule has 0 amide bonds. The summed E-state index contributed by atoms with van der Waals surface area (Å²) in [4.78, 5) is 11.2. The topological polar surface area (TPSA) is 62.5 Å². The molecule has 0 aliphatic carbocycles. The van der Waals surface area contributed by atoms with E-state index in [1.54, 1.807) is 19.1 Å². The Bertz CT molecular complexity index is 598. The van der Waals surface area contributed by atoms with Gasteiger partial charge in [0.25, 0.3) is 0 Å². The molecule has 0 aliphatic heterocycles. The molecule has 1 atom stereocenters. The van der Waals surface area contributed by atoms with Crippen LogP contribution >= 0.6 is 0 Å². The summed E-state index contributed by atoms with van der Waals surface area (Å²) in [6.45, 7) is 5.71. The molecule has 2 N–H and O–H groups in total. The van der Waals surface area contributed by atoms with Crippen molar-refractivity contribution < 1.29 is 15.0 Å². The molecule has 0 aliphatic rings. The van der Waals surface area contributed by atoms with Gasteiger partial charge < -0.3 is 14.8 Å². The minimum atomic E-state index is -0.844. The van der Waals surface area contributed by atoms with Crippen molar-refractivity contribution in [1.82, 2.24) is 4.57 Å². The summed E-state index contributed by atoms with van der Waals surface area (Å²) in [5.41, 5.74) is 1.71. The lowest BCUT2D eigenvalue weighted by Crippen LogP contribution is -2.14. The van der Waals surface area contributed by atoms with Crippen molar-refractivity contribution in [2.45, 2.75) is 32.7 Å². The number of fused-ring (bicyclic) bond motifs is 1. The number of aromatic hydroxyl groups is 1. The molecule has 0 spiro atoms. The highest BCUT2D eigenvalue weighted by atomic mass is 16.4. The largest absolute Gasteiger partial charge is 0.508 e. The summed E-state index contributed by atoms with van der Waals surface area (Å²) in [5.74, 6) is -1.22. The maximum absolute atomic E-state index is 11.2. The first-order chi connectivity index (χ1) is 8.41. The van der Waals surface area contributed by atoms with E-state index in [1.807, 2.05) is 30.5 Å². The molecular weight excluding hydrogens is 230 g/mol. The van der Waals surface area contributed by atoms with Crippen molar-refractivity contribution in [3.05, 3.63) is 30.0 Å². The summed E-state index contributed by atoms with van der Waals surface area (Å²) in [7, 11) is 0. The third-order valence-corrected chi connectivity index (χ3v) is 3.18. The van der Waals surface area contributed by atoms with Gasteiger partial charge in [-0.2, -0.15) is 0 Å². The van der Waals surface area contributed by atoms with Gasteiger partial charge in [-0.15, -0.1) is 0 Å². The van der Waals surface area contributed by atoms with Gasteiger partial charge in [0, 0.05) is 22.6 Å². The van der Waals surface area contributed by atoms with Crippen LogP contribution in [0.5, 0.6) is 5.75 Å². The fraction of sp³-hybridized carbons (Fsp3) is 0.357. The normalized spacial score (nSPS) is 13.1. The van der Waals surface area contributed by atoms with Gasteiger partial charge in [0.15, 0.2) is 0 Å². The van der Waals surface area contributed by atoms with E-state index in [0.29, 0.717) is 0 Å². The van der Waals surface area contributed by atoms with E-state index in [9.17, 15) is 9.90 Å². The third kappa shape index (κ3) is 1.94. The Kier molecular flexibility index (Phi) is 3.03. The van der Waals surface area contributed by atoms with Gasteiger partial charge in [0.2, 0.25) is 0 Å². The Morgan fingerprint density at radius 3 is 2.44 bits per heavy atom. The average molecular weight is 247 g/mol. The minimum absolute atomic E-state index is 0.170. The van der Waals surface area contributed by atoms with Crippen LogP contribution in [0.2, 0.25) is 0 Å². The number of aliphatic carboxylic acids is 1. The van der Waals surface area contributed by atoms with Crippen LogP contribution in [0.3, 0.4) is 0 Å². The van der Waals surface area contributed by atoms with Crippen LogP contribution in [-0.4, -0.2) is 20.7 Å². The van der Waals surface area contributed by atoms with Crippen LogP contribution in [0.25, 0.3) is 10.9 Å². The Morgan fingerprint density at radius 1 is 1.22 bits per heavy atom. The van der Waals surface area contributed by atoms with Gasteiger partial charge >= 0.3 is 5.97 Å². The zero-order valence-corrected chi connectivity index (χ0v) is 10.7. The van der Waals surface area contributed by atoms with Crippen molar-refractivity contribution in [2.24, 2.45) is 0 Å².